The largest absolute Gasteiger partial charge is 0.313 e. The molecule has 112 valence electrons. The van der Waals surface area contributed by atoms with Crippen molar-refractivity contribution in [3.8, 4) is 0 Å². The van der Waals surface area contributed by atoms with Crippen molar-refractivity contribution >= 4 is 0 Å². The highest BCUT2D eigenvalue weighted by atomic mass is 14.9. The van der Waals surface area contributed by atoms with E-state index in [1.54, 1.807) is 0 Å². The molecule has 3 unspecified atom stereocenters. The summed E-state index contributed by atoms with van der Waals surface area (Å²) in [4.78, 5) is 0. The zero-order valence-electron chi connectivity index (χ0n) is 13.3. The predicted octanol–water partition coefficient (Wildman–Crippen LogP) is 4.81. The second-order valence-electron chi connectivity index (χ2n) is 6.45. The van der Waals surface area contributed by atoms with E-state index in [1.807, 2.05) is 0 Å². The van der Waals surface area contributed by atoms with Crippen LogP contribution < -0.4 is 5.32 Å². The van der Waals surface area contributed by atoms with Crippen LogP contribution in [0.3, 0.4) is 0 Å². The molecule has 1 aromatic rings. The Morgan fingerprint density at radius 2 is 1.95 bits per heavy atom. The maximum absolute atomic E-state index is 3.83. The summed E-state index contributed by atoms with van der Waals surface area (Å²) in [5, 5.41) is 3.83. The smallest absolute Gasteiger partial charge is 0.0136 e. The Balaban J connectivity index is 1.98. The van der Waals surface area contributed by atoms with Gasteiger partial charge in [0.05, 0.1) is 0 Å². The first-order valence-corrected chi connectivity index (χ1v) is 8.60. The fourth-order valence-corrected chi connectivity index (χ4v) is 3.67. The molecular weight excluding hydrogens is 242 g/mol. The summed E-state index contributed by atoms with van der Waals surface area (Å²) in [7, 11) is 0. The highest BCUT2D eigenvalue weighted by Gasteiger charge is 2.27. The van der Waals surface area contributed by atoms with Gasteiger partial charge in [0.2, 0.25) is 0 Å². The van der Waals surface area contributed by atoms with Crippen molar-refractivity contribution in [1.82, 2.24) is 5.32 Å². The second kappa shape index (κ2) is 8.46. The molecule has 1 aromatic carbocycles. The van der Waals surface area contributed by atoms with Gasteiger partial charge in [-0.25, -0.2) is 0 Å². The van der Waals surface area contributed by atoms with Gasteiger partial charge in [-0.05, 0) is 49.6 Å². The van der Waals surface area contributed by atoms with E-state index in [-0.39, 0.29) is 0 Å². The third kappa shape index (κ3) is 4.63. The molecule has 0 radical (unpaired) electrons. The molecule has 1 N–H and O–H groups in total. The normalized spacial score (nSPS) is 24.5. The Hall–Kier alpha value is -0.820. The Morgan fingerprint density at radius 3 is 2.65 bits per heavy atom. The van der Waals surface area contributed by atoms with Gasteiger partial charge in [-0.15, -0.1) is 0 Å². The van der Waals surface area contributed by atoms with Crippen LogP contribution in [0.15, 0.2) is 30.3 Å². The fourth-order valence-electron chi connectivity index (χ4n) is 3.67. The van der Waals surface area contributed by atoms with Crippen LogP contribution in [0.2, 0.25) is 0 Å². The predicted molar refractivity (Wildman–Crippen MR) is 88.0 cm³/mol. The van der Waals surface area contributed by atoms with Crippen molar-refractivity contribution in [3.63, 3.8) is 0 Å². The van der Waals surface area contributed by atoms with Crippen molar-refractivity contribution in [2.75, 3.05) is 6.54 Å². The third-order valence-electron chi connectivity index (χ3n) is 4.92. The van der Waals surface area contributed by atoms with E-state index in [0.29, 0.717) is 6.04 Å². The molecule has 1 aliphatic carbocycles. The molecule has 1 aliphatic rings. The summed E-state index contributed by atoms with van der Waals surface area (Å²) in [6, 6.07) is 11.7. The average molecular weight is 273 g/mol. The topological polar surface area (TPSA) is 12.0 Å². The van der Waals surface area contributed by atoms with E-state index >= 15 is 0 Å². The number of hydrogen-bond donors (Lipinski definition) is 1. The van der Waals surface area contributed by atoms with Crippen molar-refractivity contribution in [2.45, 2.75) is 64.8 Å². The summed E-state index contributed by atoms with van der Waals surface area (Å²) in [5.41, 5.74) is 1.49. The Kier molecular flexibility index (Phi) is 6.59. The maximum Gasteiger partial charge on any atom is 0.0136 e. The van der Waals surface area contributed by atoms with Crippen LogP contribution in [-0.2, 0) is 6.42 Å². The maximum atomic E-state index is 3.83. The molecule has 0 bridgehead atoms. The van der Waals surface area contributed by atoms with Gasteiger partial charge in [-0.1, -0.05) is 63.4 Å². The van der Waals surface area contributed by atoms with Crippen LogP contribution in [0.5, 0.6) is 0 Å². The summed E-state index contributed by atoms with van der Waals surface area (Å²) >= 11 is 0. The van der Waals surface area contributed by atoms with E-state index in [1.165, 1.54) is 50.5 Å². The summed E-state index contributed by atoms with van der Waals surface area (Å²) in [6.45, 7) is 5.78. The molecule has 0 heterocycles. The lowest BCUT2D eigenvalue weighted by molar-refractivity contribution is 0.207. The van der Waals surface area contributed by atoms with Crippen LogP contribution in [-0.4, -0.2) is 12.6 Å². The first kappa shape index (κ1) is 15.6. The van der Waals surface area contributed by atoms with Crippen LogP contribution in [0, 0.1) is 11.8 Å². The zero-order chi connectivity index (χ0) is 14.2. The molecular formula is C19H31N. The standard InChI is InChI=1S/C19H31N/c1-3-13-20-19(15-17-9-6-5-7-10-17)18-12-8-11-16(4-2)14-18/h5-7,9-10,16,18-20H,3-4,8,11-15H2,1-2H3. The molecule has 1 saturated carbocycles. The van der Waals surface area contributed by atoms with Gasteiger partial charge in [0.1, 0.15) is 0 Å². The van der Waals surface area contributed by atoms with E-state index in [0.717, 1.165) is 18.4 Å². The van der Waals surface area contributed by atoms with Crippen molar-refractivity contribution in [1.29, 1.82) is 0 Å². The lowest BCUT2D eigenvalue weighted by atomic mass is 9.75. The zero-order valence-corrected chi connectivity index (χ0v) is 13.3. The molecule has 0 aromatic heterocycles. The number of nitrogens with one attached hydrogen (secondary N) is 1. The summed E-state index contributed by atoms with van der Waals surface area (Å²) < 4.78 is 0. The second-order valence-corrected chi connectivity index (χ2v) is 6.45. The van der Waals surface area contributed by atoms with E-state index in [4.69, 9.17) is 0 Å². The van der Waals surface area contributed by atoms with Crippen molar-refractivity contribution < 1.29 is 0 Å². The first-order chi connectivity index (χ1) is 9.83. The fraction of sp³-hybridized carbons (Fsp3) is 0.684. The molecule has 0 saturated heterocycles. The Bertz CT molecular complexity index is 359. The number of benzene rings is 1. The lowest BCUT2D eigenvalue weighted by Crippen LogP contribution is -2.40. The molecule has 20 heavy (non-hydrogen) atoms. The SMILES string of the molecule is CCCNC(Cc1ccccc1)C1CCCC(CC)C1. The summed E-state index contributed by atoms with van der Waals surface area (Å²) in [5.74, 6) is 1.84. The molecule has 0 amide bonds. The molecule has 3 atom stereocenters. The van der Waals surface area contributed by atoms with Crippen LogP contribution in [0.4, 0.5) is 0 Å². The minimum atomic E-state index is 0.673. The van der Waals surface area contributed by atoms with Gasteiger partial charge in [0.15, 0.2) is 0 Å². The first-order valence-electron chi connectivity index (χ1n) is 8.60. The van der Waals surface area contributed by atoms with Crippen LogP contribution in [0.1, 0.15) is 57.9 Å². The Morgan fingerprint density at radius 1 is 1.15 bits per heavy atom. The highest BCUT2D eigenvalue weighted by molar-refractivity contribution is 5.16. The van der Waals surface area contributed by atoms with E-state index in [2.05, 4.69) is 49.5 Å². The van der Waals surface area contributed by atoms with Gasteiger partial charge in [0, 0.05) is 6.04 Å². The Labute approximate surface area is 125 Å². The number of hydrogen-bond acceptors (Lipinski definition) is 1. The van der Waals surface area contributed by atoms with Gasteiger partial charge >= 0.3 is 0 Å². The van der Waals surface area contributed by atoms with E-state index in [9.17, 15) is 0 Å². The molecule has 0 spiro atoms. The van der Waals surface area contributed by atoms with Gasteiger partial charge in [-0.3, -0.25) is 0 Å². The monoisotopic (exact) mass is 273 g/mol. The molecule has 1 fully saturated rings. The van der Waals surface area contributed by atoms with Gasteiger partial charge in [-0.2, -0.15) is 0 Å². The minimum Gasteiger partial charge on any atom is -0.313 e. The number of rotatable bonds is 7. The molecule has 1 nitrogen and oxygen atoms in total. The highest BCUT2D eigenvalue weighted by Crippen LogP contribution is 2.33. The van der Waals surface area contributed by atoms with E-state index < -0.39 is 0 Å². The van der Waals surface area contributed by atoms with Crippen LogP contribution >= 0.6 is 0 Å². The molecule has 1 heteroatoms. The quantitative estimate of drug-likeness (QED) is 0.751. The van der Waals surface area contributed by atoms with Crippen molar-refractivity contribution in [3.05, 3.63) is 35.9 Å². The molecule has 2 rings (SSSR count). The van der Waals surface area contributed by atoms with Gasteiger partial charge < -0.3 is 5.32 Å². The lowest BCUT2D eigenvalue weighted by Gasteiger charge is -2.35. The van der Waals surface area contributed by atoms with Crippen LogP contribution in [0.25, 0.3) is 0 Å². The minimum absolute atomic E-state index is 0.673. The summed E-state index contributed by atoms with van der Waals surface area (Å²) in [6.07, 6.45) is 9.54. The third-order valence-corrected chi connectivity index (χ3v) is 4.92. The van der Waals surface area contributed by atoms with Crippen molar-refractivity contribution in [2.24, 2.45) is 11.8 Å². The average Bonchev–Trinajstić information content (AvgIpc) is 2.52. The van der Waals surface area contributed by atoms with Gasteiger partial charge in [0.25, 0.3) is 0 Å². The molecule has 0 aliphatic heterocycles.